The van der Waals surface area contributed by atoms with Crippen LogP contribution >= 0.6 is 0 Å². The SMILES string of the molecule is CCN1CCN(CC(=O)N2N=C(c3cc(C)ccc3C)C[C@@H]2c2ccc(OC)cc2OC)CC1. The van der Waals surface area contributed by atoms with Gasteiger partial charge < -0.3 is 14.4 Å². The lowest BCUT2D eigenvalue weighted by molar-refractivity contribution is -0.134. The molecule has 4 rings (SSSR count). The number of hydrazone groups is 1. The van der Waals surface area contributed by atoms with Crippen molar-refractivity contribution in [1.29, 1.82) is 0 Å². The average molecular weight is 465 g/mol. The Morgan fingerprint density at radius 3 is 2.41 bits per heavy atom. The van der Waals surface area contributed by atoms with Crippen LogP contribution in [-0.4, -0.2) is 79.9 Å². The number of hydrogen-bond donors (Lipinski definition) is 0. The second kappa shape index (κ2) is 10.6. The summed E-state index contributed by atoms with van der Waals surface area (Å²) in [6.07, 6.45) is 0.641. The third-order valence-corrected chi connectivity index (χ3v) is 6.94. The van der Waals surface area contributed by atoms with Gasteiger partial charge in [-0.1, -0.05) is 24.6 Å². The van der Waals surface area contributed by atoms with Crippen molar-refractivity contribution in [3.8, 4) is 11.5 Å². The van der Waals surface area contributed by atoms with Gasteiger partial charge in [0.25, 0.3) is 5.91 Å². The van der Waals surface area contributed by atoms with E-state index < -0.39 is 0 Å². The standard InChI is InChI=1S/C27H36N4O3/c1-6-29-11-13-30(14-12-29)18-27(32)31-25(22-10-9-21(33-4)16-26(22)34-5)17-24(28-31)23-15-19(2)7-8-20(23)3/h7-10,15-16,25H,6,11-14,17-18H2,1-5H3/t25-/m1/s1. The van der Waals surface area contributed by atoms with Crippen molar-refractivity contribution >= 4 is 11.6 Å². The molecule has 2 aromatic carbocycles. The maximum absolute atomic E-state index is 13.6. The van der Waals surface area contributed by atoms with Gasteiger partial charge in [0.15, 0.2) is 0 Å². The number of carbonyl (C=O) groups is 1. The first-order valence-electron chi connectivity index (χ1n) is 12.1. The fourth-order valence-electron chi connectivity index (χ4n) is 4.81. The summed E-state index contributed by atoms with van der Waals surface area (Å²) in [6.45, 7) is 11.6. The summed E-state index contributed by atoms with van der Waals surface area (Å²) in [5.41, 5.74) is 5.32. The minimum Gasteiger partial charge on any atom is -0.497 e. The average Bonchev–Trinajstić information content (AvgIpc) is 3.30. The van der Waals surface area contributed by atoms with Gasteiger partial charge in [-0.15, -0.1) is 0 Å². The Balaban J connectivity index is 1.64. The molecule has 0 aromatic heterocycles. The fourth-order valence-corrected chi connectivity index (χ4v) is 4.81. The van der Waals surface area contributed by atoms with Crippen LogP contribution in [0.2, 0.25) is 0 Å². The number of aryl methyl sites for hydroxylation is 2. The van der Waals surface area contributed by atoms with Gasteiger partial charge in [0.05, 0.1) is 32.5 Å². The van der Waals surface area contributed by atoms with E-state index in [0.717, 1.165) is 60.9 Å². The minimum atomic E-state index is -0.222. The van der Waals surface area contributed by atoms with E-state index in [1.807, 2.05) is 18.2 Å². The maximum Gasteiger partial charge on any atom is 0.257 e. The Bertz CT molecular complexity index is 1060. The number of piperazine rings is 1. The number of methoxy groups -OCH3 is 2. The molecule has 182 valence electrons. The number of likely N-dealkylation sites (N-methyl/N-ethyl adjacent to an activating group) is 1. The third kappa shape index (κ3) is 5.10. The number of hydrogen-bond acceptors (Lipinski definition) is 6. The first kappa shape index (κ1) is 24.2. The molecule has 0 spiro atoms. The molecule has 0 N–H and O–H groups in total. The van der Waals surface area contributed by atoms with Crippen molar-refractivity contribution in [3.05, 3.63) is 58.7 Å². The summed E-state index contributed by atoms with van der Waals surface area (Å²) < 4.78 is 11.1. The highest BCUT2D eigenvalue weighted by Crippen LogP contribution is 2.39. The van der Waals surface area contributed by atoms with E-state index >= 15 is 0 Å². The number of amides is 1. The van der Waals surface area contributed by atoms with Crippen LogP contribution in [0.3, 0.4) is 0 Å². The number of ether oxygens (including phenoxy) is 2. The van der Waals surface area contributed by atoms with Crippen LogP contribution < -0.4 is 9.47 Å². The molecule has 1 fully saturated rings. The molecule has 1 amide bonds. The molecular formula is C27H36N4O3. The second-order valence-electron chi connectivity index (χ2n) is 9.14. The van der Waals surface area contributed by atoms with Gasteiger partial charge in [0.2, 0.25) is 0 Å². The van der Waals surface area contributed by atoms with E-state index in [1.165, 1.54) is 5.56 Å². The van der Waals surface area contributed by atoms with Crippen molar-refractivity contribution in [2.75, 3.05) is 53.5 Å². The van der Waals surface area contributed by atoms with Crippen molar-refractivity contribution in [2.24, 2.45) is 5.10 Å². The maximum atomic E-state index is 13.6. The highest BCUT2D eigenvalue weighted by molar-refractivity contribution is 6.04. The lowest BCUT2D eigenvalue weighted by Crippen LogP contribution is -2.49. The monoisotopic (exact) mass is 464 g/mol. The smallest absolute Gasteiger partial charge is 0.257 e. The van der Waals surface area contributed by atoms with Crippen LogP contribution in [0.25, 0.3) is 0 Å². The largest absolute Gasteiger partial charge is 0.497 e. The van der Waals surface area contributed by atoms with Crippen molar-refractivity contribution < 1.29 is 14.3 Å². The Kier molecular flexibility index (Phi) is 7.54. The molecule has 2 heterocycles. The molecule has 2 aromatic rings. The normalized spacial score (nSPS) is 19.3. The van der Waals surface area contributed by atoms with Crippen LogP contribution in [0.5, 0.6) is 11.5 Å². The fraction of sp³-hybridized carbons (Fsp3) is 0.481. The van der Waals surface area contributed by atoms with Crippen LogP contribution in [0.15, 0.2) is 41.5 Å². The molecule has 1 saturated heterocycles. The number of carbonyl (C=O) groups excluding carboxylic acids is 1. The molecule has 0 bridgehead atoms. The zero-order valence-corrected chi connectivity index (χ0v) is 21.0. The number of nitrogens with zero attached hydrogens (tertiary/aromatic N) is 4. The Labute approximate surface area is 202 Å². The predicted octanol–water partition coefficient (Wildman–Crippen LogP) is 3.64. The molecule has 34 heavy (non-hydrogen) atoms. The van der Waals surface area contributed by atoms with Gasteiger partial charge >= 0.3 is 0 Å². The summed E-state index contributed by atoms with van der Waals surface area (Å²) in [5.74, 6) is 1.45. The third-order valence-electron chi connectivity index (χ3n) is 6.94. The van der Waals surface area contributed by atoms with Gasteiger partial charge in [0, 0.05) is 49.8 Å². The van der Waals surface area contributed by atoms with E-state index in [9.17, 15) is 4.79 Å². The van der Waals surface area contributed by atoms with Crippen LogP contribution in [-0.2, 0) is 4.79 Å². The first-order chi connectivity index (χ1) is 16.4. The lowest BCUT2D eigenvalue weighted by atomic mass is 9.94. The summed E-state index contributed by atoms with van der Waals surface area (Å²) in [7, 11) is 3.29. The van der Waals surface area contributed by atoms with E-state index in [2.05, 4.69) is 48.8 Å². The van der Waals surface area contributed by atoms with Crippen molar-refractivity contribution in [2.45, 2.75) is 33.2 Å². The summed E-state index contributed by atoms with van der Waals surface area (Å²) in [5, 5.41) is 6.60. The van der Waals surface area contributed by atoms with E-state index in [-0.39, 0.29) is 11.9 Å². The van der Waals surface area contributed by atoms with Crippen LogP contribution in [0.1, 0.15) is 41.6 Å². The molecule has 1 atom stereocenters. The zero-order chi connectivity index (χ0) is 24.2. The molecule has 2 aliphatic rings. The summed E-state index contributed by atoms with van der Waals surface area (Å²) >= 11 is 0. The zero-order valence-electron chi connectivity index (χ0n) is 21.0. The second-order valence-corrected chi connectivity index (χ2v) is 9.14. The van der Waals surface area contributed by atoms with Gasteiger partial charge in [-0.25, -0.2) is 5.01 Å². The van der Waals surface area contributed by atoms with E-state index in [4.69, 9.17) is 14.6 Å². The highest BCUT2D eigenvalue weighted by atomic mass is 16.5. The topological polar surface area (TPSA) is 57.6 Å². The van der Waals surface area contributed by atoms with Gasteiger partial charge in [-0.3, -0.25) is 9.69 Å². The molecular weight excluding hydrogens is 428 g/mol. The molecule has 2 aliphatic heterocycles. The summed E-state index contributed by atoms with van der Waals surface area (Å²) in [4.78, 5) is 18.3. The van der Waals surface area contributed by atoms with Crippen molar-refractivity contribution in [1.82, 2.24) is 14.8 Å². The van der Waals surface area contributed by atoms with Crippen molar-refractivity contribution in [3.63, 3.8) is 0 Å². The molecule has 0 radical (unpaired) electrons. The van der Waals surface area contributed by atoms with Crippen LogP contribution in [0.4, 0.5) is 0 Å². The van der Waals surface area contributed by atoms with Gasteiger partial charge in [-0.05, 0) is 44.2 Å². The first-order valence-corrected chi connectivity index (χ1v) is 12.1. The Morgan fingerprint density at radius 2 is 1.74 bits per heavy atom. The number of benzene rings is 2. The molecule has 0 aliphatic carbocycles. The van der Waals surface area contributed by atoms with Crippen LogP contribution in [0, 0.1) is 13.8 Å². The molecule has 7 nitrogen and oxygen atoms in total. The van der Waals surface area contributed by atoms with Gasteiger partial charge in [0.1, 0.15) is 11.5 Å². The lowest BCUT2D eigenvalue weighted by Gasteiger charge is -2.34. The van der Waals surface area contributed by atoms with E-state index in [0.29, 0.717) is 18.7 Å². The quantitative estimate of drug-likeness (QED) is 0.626. The Morgan fingerprint density at radius 1 is 1.00 bits per heavy atom. The minimum absolute atomic E-state index is 0.0214. The molecule has 0 saturated carbocycles. The van der Waals surface area contributed by atoms with E-state index in [1.54, 1.807) is 19.2 Å². The Hall–Kier alpha value is -2.90. The number of rotatable bonds is 7. The molecule has 0 unspecified atom stereocenters. The predicted molar refractivity (Wildman–Crippen MR) is 135 cm³/mol. The highest BCUT2D eigenvalue weighted by Gasteiger charge is 2.36. The summed E-state index contributed by atoms with van der Waals surface area (Å²) in [6, 6.07) is 11.9. The van der Waals surface area contributed by atoms with Gasteiger partial charge in [-0.2, -0.15) is 5.10 Å². The molecule has 7 heteroatoms.